The Balaban J connectivity index is 2.29. The minimum absolute atomic E-state index is 0.0381. The number of rotatable bonds is 8. The van der Waals surface area contributed by atoms with Gasteiger partial charge >= 0.3 is 0 Å². The SMILES string of the molecule is CCOCCOc1cocc1OCCO. The van der Waals surface area contributed by atoms with Crippen molar-refractivity contribution in [1.82, 2.24) is 0 Å². The van der Waals surface area contributed by atoms with E-state index in [1.807, 2.05) is 6.92 Å². The highest BCUT2D eigenvalue weighted by molar-refractivity contribution is 5.34. The molecule has 0 unspecified atom stereocenters. The van der Waals surface area contributed by atoms with E-state index in [9.17, 15) is 0 Å². The van der Waals surface area contributed by atoms with Crippen molar-refractivity contribution in [2.75, 3.05) is 33.0 Å². The molecule has 0 saturated heterocycles. The Morgan fingerprint density at radius 1 is 1.13 bits per heavy atom. The lowest BCUT2D eigenvalue weighted by Crippen LogP contribution is -2.07. The van der Waals surface area contributed by atoms with Gasteiger partial charge in [-0.1, -0.05) is 0 Å². The number of ether oxygens (including phenoxy) is 3. The van der Waals surface area contributed by atoms with Crippen LogP contribution in [0.5, 0.6) is 11.5 Å². The fourth-order valence-electron chi connectivity index (χ4n) is 0.995. The predicted molar refractivity (Wildman–Crippen MR) is 53.3 cm³/mol. The lowest BCUT2D eigenvalue weighted by Gasteiger charge is -2.06. The fourth-order valence-corrected chi connectivity index (χ4v) is 0.995. The molecule has 1 heterocycles. The summed E-state index contributed by atoms with van der Waals surface area (Å²) in [7, 11) is 0. The van der Waals surface area contributed by atoms with Crippen LogP contribution in [0, 0.1) is 0 Å². The van der Waals surface area contributed by atoms with Crippen LogP contribution in [0.25, 0.3) is 0 Å². The summed E-state index contributed by atoms with van der Waals surface area (Å²) in [5, 5.41) is 8.59. The van der Waals surface area contributed by atoms with Gasteiger partial charge in [0.2, 0.25) is 0 Å². The summed E-state index contributed by atoms with van der Waals surface area (Å²) in [5.74, 6) is 1.03. The predicted octanol–water partition coefficient (Wildman–Crippen LogP) is 1.07. The van der Waals surface area contributed by atoms with Crippen LogP contribution in [0.3, 0.4) is 0 Å². The second-order valence-electron chi connectivity index (χ2n) is 2.72. The minimum Gasteiger partial charge on any atom is -0.484 e. The van der Waals surface area contributed by atoms with E-state index in [1.165, 1.54) is 12.5 Å². The van der Waals surface area contributed by atoms with E-state index >= 15 is 0 Å². The average molecular weight is 216 g/mol. The third-order valence-corrected chi connectivity index (χ3v) is 1.63. The molecule has 0 bridgehead atoms. The third-order valence-electron chi connectivity index (χ3n) is 1.63. The van der Waals surface area contributed by atoms with Crippen molar-refractivity contribution in [3.8, 4) is 11.5 Å². The highest BCUT2D eigenvalue weighted by atomic mass is 16.6. The summed E-state index contributed by atoms with van der Waals surface area (Å²) in [6.45, 7) is 3.76. The Morgan fingerprint density at radius 3 is 2.40 bits per heavy atom. The highest BCUT2D eigenvalue weighted by Gasteiger charge is 2.07. The maximum Gasteiger partial charge on any atom is 0.199 e. The zero-order valence-electron chi connectivity index (χ0n) is 8.77. The quantitative estimate of drug-likeness (QED) is 0.658. The molecule has 5 nitrogen and oxygen atoms in total. The second-order valence-corrected chi connectivity index (χ2v) is 2.72. The van der Waals surface area contributed by atoms with E-state index in [-0.39, 0.29) is 13.2 Å². The van der Waals surface area contributed by atoms with Crippen LogP contribution in [0.4, 0.5) is 0 Å². The van der Waals surface area contributed by atoms with E-state index in [1.54, 1.807) is 0 Å². The van der Waals surface area contributed by atoms with E-state index in [4.69, 9.17) is 23.7 Å². The van der Waals surface area contributed by atoms with Crippen LogP contribution >= 0.6 is 0 Å². The van der Waals surface area contributed by atoms with Gasteiger partial charge in [-0.2, -0.15) is 0 Å². The second kappa shape index (κ2) is 7.14. The standard InChI is InChI=1S/C10H16O5/c1-2-12-5-6-15-10-8-13-7-9(10)14-4-3-11/h7-8,11H,2-6H2,1H3. The van der Waals surface area contributed by atoms with Crippen molar-refractivity contribution < 1.29 is 23.7 Å². The van der Waals surface area contributed by atoms with Crippen LogP contribution < -0.4 is 9.47 Å². The summed E-state index contributed by atoms with van der Waals surface area (Å²) in [6, 6.07) is 0. The van der Waals surface area contributed by atoms with Crippen LogP contribution in [-0.2, 0) is 4.74 Å². The number of aliphatic hydroxyl groups is 1. The van der Waals surface area contributed by atoms with Gasteiger partial charge in [-0.25, -0.2) is 0 Å². The number of aliphatic hydroxyl groups excluding tert-OH is 1. The van der Waals surface area contributed by atoms with Crippen LogP contribution in [0.2, 0.25) is 0 Å². The van der Waals surface area contributed by atoms with Gasteiger partial charge in [-0.3, -0.25) is 0 Å². The van der Waals surface area contributed by atoms with Crippen LogP contribution in [0.1, 0.15) is 6.92 Å². The maximum atomic E-state index is 8.59. The Morgan fingerprint density at radius 2 is 1.80 bits per heavy atom. The van der Waals surface area contributed by atoms with Gasteiger partial charge in [0.1, 0.15) is 25.7 Å². The highest BCUT2D eigenvalue weighted by Crippen LogP contribution is 2.27. The van der Waals surface area contributed by atoms with E-state index in [0.717, 1.165) is 0 Å². The molecule has 0 spiro atoms. The summed E-state index contributed by atoms with van der Waals surface area (Å²) in [6.07, 6.45) is 2.89. The molecule has 0 aliphatic carbocycles. The molecular formula is C10H16O5. The van der Waals surface area contributed by atoms with Gasteiger partial charge in [-0.05, 0) is 6.92 Å². The molecule has 0 atom stereocenters. The van der Waals surface area contributed by atoms with Gasteiger partial charge in [0.25, 0.3) is 0 Å². The number of hydrogen-bond donors (Lipinski definition) is 1. The molecule has 1 rings (SSSR count). The average Bonchev–Trinajstić information content (AvgIpc) is 2.69. The first-order chi connectivity index (χ1) is 7.38. The van der Waals surface area contributed by atoms with Crippen molar-refractivity contribution in [2.45, 2.75) is 6.92 Å². The first-order valence-corrected chi connectivity index (χ1v) is 4.89. The van der Waals surface area contributed by atoms with Crippen molar-refractivity contribution in [3.63, 3.8) is 0 Å². The molecule has 0 aromatic carbocycles. The number of hydrogen-bond acceptors (Lipinski definition) is 5. The van der Waals surface area contributed by atoms with Crippen molar-refractivity contribution in [3.05, 3.63) is 12.5 Å². The lowest BCUT2D eigenvalue weighted by molar-refractivity contribution is 0.108. The van der Waals surface area contributed by atoms with Crippen LogP contribution in [0.15, 0.2) is 16.9 Å². The molecule has 5 heteroatoms. The Labute approximate surface area is 88.6 Å². The topological polar surface area (TPSA) is 61.1 Å². The molecule has 0 aliphatic rings. The zero-order chi connectivity index (χ0) is 10.9. The summed E-state index contributed by atoms with van der Waals surface area (Å²) >= 11 is 0. The van der Waals surface area contributed by atoms with Crippen molar-refractivity contribution in [1.29, 1.82) is 0 Å². The molecule has 1 aromatic heterocycles. The smallest absolute Gasteiger partial charge is 0.199 e. The Hall–Kier alpha value is -1.20. The molecular weight excluding hydrogens is 200 g/mol. The van der Waals surface area contributed by atoms with Gasteiger partial charge in [0, 0.05) is 6.61 Å². The molecule has 0 amide bonds. The molecule has 0 saturated carbocycles. The molecule has 1 aromatic rings. The zero-order valence-corrected chi connectivity index (χ0v) is 8.77. The van der Waals surface area contributed by atoms with E-state index in [2.05, 4.69) is 0 Å². The molecule has 1 N–H and O–H groups in total. The summed E-state index contributed by atoms with van der Waals surface area (Å²) < 4.78 is 20.6. The van der Waals surface area contributed by atoms with Gasteiger partial charge in [0.15, 0.2) is 11.5 Å². The monoisotopic (exact) mass is 216 g/mol. The molecule has 86 valence electrons. The summed E-state index contributed by atoms with van der Waals surface area (Å²) in [4.78, 5) is 0. The van der Waals surface area contributed by atoms with Gasteiger partial charge < -0.3 is 23.7 Å². The van der Waals surface area contributed by atoms with Gasteiger partial charge in [0.05, 0.1) is 13.2 Å². The van der Waals surface area contributed by atoms with Crippen LogP contribution in [-0.4, -0.2) is 38.1 Å². The fraction of sp³-hybridized carbons (Fsp3) is 0.600. The van der Waals surface area contributed by atoms with Gasteiger partial charge in [-0.15, -0.1) is 0 Å². The van der Waals surface area contributed by atoms with Crippen molar-refractivity contribution in [2.24, 2.45) is 0 Å². The minimum atomic E-state index is -0.0381. The number of furan rings is 1. The largest absolute Gasteiger partial charge is 0.484 e. The first-order valence-electron chi connectivity index (χ1n) is 4.89. The molecule has 0 fully saturated rings. The Kier molecular flexibility index (Phi) is 5.65. The van der Waals surface area contributed by atoms with E-state index < -0.39 is 0 Å². The Bertz CT molecular complexity index is 258. The first kappa shape index (κ1) is 11.9. The molecule has 0 radical (unpaired) electrons. The normalized spacial score (nSPS) is 10.3. The van der Waals surface area contributed by atoms with E-state index in [0.29, 0.717) is 31.3 Å². The molecule has 15 heavy (non-hydrogen) atoms. The summed E-state index contributed by atoms with van der Waals surface area (Å²) in [5.41, 5.74) is 0. The molecule has 0 aliphatic heterocycles. The maximum absolute atomic E-state index is 8.59. The third kappa shape index (κ3) is 4.22. The van der Waals surface area contributed by atoms with Crippen molar-refractivity contribution >= 4 is 0 Å². The lowest BCUT2D eigenvalue weighted by atomic mass is 10.5.